The van der Waals surface area contributed by atoms with Gasteiger partial charge in [-0.3, -0.25) is 0 Å². The van der Waals surface area contributed by atoms with E-state index in [9.17, 15) is 0 Å². The molecule has 0 aliphatic carbocycles. The van der Waals surface area contributed by atoms with Crippen molar-refractivity contribution in [2.45, 2.75) is 51.9 Å². The molecule has 0 spiro atoms. The Bertz CT molecular complexity index is 240. The first-order valence-corrected chi connectivity index (χ1v) is 5.86. The summed E-state index contributed by atoms with van der Waals surface area (Å²) in [5, 5.41) is 3.29. The van der Waals surface area contributed by atoms with Gasteiger partial charge in [0.15, 0.2) is 13.2 Å². The van der Waals surface area contributed by atoms with E-state index < -0.39 is 0 Å². The summed E-state index contributed by atoms with van der Waals surface area (Å²) >= 11 is 0. The fourth-order valence-corrected chi connectivity index (χ4v) is 1.74. The Balaban J connectivity index is 1.99. The van der Waals surface area contributed by atoms with E-state index in [0.29, 0.717) is 0 Å². The zero-order valence-electron chi connectivity index (χ0n) is 9.55. The number of hydrogen-bond acceptors (Lipinski definition) is 0. The second-order valence-electron chi connectivity index (χ2n) is 4.08. The minimum atomic E-state index is 1.20. The second-order valence-corrected chi connectivity index (χ2v) is 4.08. The summed E-state index contributed by atoms with van der Waals surface area (Å²) in [5.74, 6) is 0. The zero-order valence-corrected chi connectivity index (χ0v) is 9.55. The second kappa shape index (κ2) is 6.63. The van der Waals surface area contributed by atoms with Crippen molar-refractivity contribution < 1.29 is 4.68 Å². The number of nitrogens with zero attached hydrogens (tertiary/aromatic N) is 1. The Kier molecular flexibility index (Phi) is 5.35. The topological polar surface area (TPSA) is 19.7 Å². The molecule has 0 saturated carbocycles. The van der Waals surface area contributed by atoms with Crippen LogP contribution in [0.1, 0.15) is 51.1 Å². The van der Waals surface area contributed by atoms with Crippen LogP contribution in [-0.4, -0.2) is 5.10 Å². The van der Waals surface area contributed by atoms with Gasteiger partial charge in [-0.2, -0.15) is 5.10 Å². The third-order valence-electron chi connectivity index (χ3n) is 2.62. The quantitative estimate of drug-likeness (QED) is 0.510. The molecule has 0 aliphatic rings. The summed E-state index contributed by atoms with van der Waals surface area (Å²) in [7, 11) is 2.03. The molecule has 0 saturated heterocycles. The lowest BCUT2D eigenvalue weighted by atomic mass is 10.1. The van der Waals surface area contributed by atoms with Crippen LogP contribution in [0.3, 0.4) is 0 Å². The van der Waals surface area contributed by atoms with E-state index in [-0.39, 0.29) is 0 Å². The highest BCUT2D eigenvalue weighted by Crippen LogP contribution is 2.07. The van der Waals surface area contributed by atoms with Gasteiger partial charge in [0.05, 0.1) is 5.69 Å². The Morgan fingerprint density at radius 2 is 1.86 bits per heavy atom. The molecule has 0 fully saturated rings. The van der Waals surface area contributed by atoms with Crippen LogP contribution in [-0.2, 0) is 13.5 Å². The lowest BCUT2D eigenvalue weighted by molar-refractivity contribution is -0.727. The molecule has 1 rings (SSSR count). The van der Waals surface area contributed by atoms with Crippen molar-refractivity contribution in [1.82, 2.24) is 5.10 Å². The van der Waals surface area contributed by atoms with E-state index >= 15 is 0 Å². The molecule has 1 heterocycles. The van der Waals surface area contributed by atoms with Crippen LogP contribution >= 0.6 is 0 Å². The predicted octanol–water partition coefficient (Wildman–Crippen LogP) is 2.74. The average molecular weight is 195 g/mol. The van der Waals surface area contributed by atoms with Crippen molar-refractivity contribution in [3.8, 4) is 0 Å². The largest absolute Gasteiger partial charge is 0.195 e. The highest BCUT2D eigenvalue weighted by molar-refractivity contribution is 4.93. The van der Waals surface area contributed by atoms with Gasteiger partial charge < -0.3 is 0 Å². The third-order valence-corrected chi connectivity index (χ3v) is 2.62. The maximum absolute atomic E-state index is 3.29. The highest BCUT2D eigenvalue weighted by Gasteiger charge is 1.99. The van der Waals surface area contributed by atoms with Gasteiger partial charge >= 0.3 is 0 Å². The van der Waals surface area contributed by atoms with Gasteiger partial charge in [0.2, 0.25) is 0 Å². The molecule has 2 heteroatoms. The molecule has 1 N–H and O–H groups in total. The number of aromatic nitrogens is 2. The van der Waals surface area contributed by atoms with Crippen LogP contribution in [0.5, 0.6) is 0 Å². The summed E-state index contributed by atoms with van der Waals surface area (Å²) in [6.07, 6.45) is 11.5. The number of nitrogens with one attached hydrogen (secondary N) is 1. The lowest BCUT2D eigenvalue weighted by Crippen LogP contribution is -2.28. The Morgan fingerprint density at radius 1 is 1.14 bits per heavy atom. The van der Waals surface area contributed by atoms with Gasteiger partial charge in [0.1, 0.15) is 0 Å². The van der Waals surface area contributed by atoms with Crippen LogP contribution in [0.15, 0.2) is 12.3 Å². The first kappa shape index (κ1) is 11.3. The number of H-pyrrole nitrogens is 1. The lowest BCUT2D eigenvalue weighted by Gasteiger charge is -1.98. The zero-order chi connectivity index (χ0) is 10.2. The highest BCUT2D eigenvalue weighted by atomic mass is 15.2. The van der Waals surface area contributed by atoms with E-state index in [1.807, 2.05) is 11.7 Å². The van der Waals surface area contributed by atoms with E-state index in [1.165, 1.54) is 50.6 Å². The molecular weight excluding hydrogens is 172 g/mol. The molecule has 0 atom stereocenters. The van der Waals surface area contributed by atoms with Crippen molar-refractivity contribution >= 4 is 0 Å². The van der Waals surface area contributed by atoms with E-state index in [2.05, 4.69) is 24.3 Å². The van der Waals surface area contributed by atoms with Crippen LogP contribution in [0.2, 0.25) is 0 Å². The van der Waals surface area contributed by atoms with Crippen LogP contribution in [0.25, 0.3) is 0 Å². The molecule has 0 aliphatic heterocycles. The summed E-state index contributed by atoms with van der Waals surface area (Å²) in [5.41, 5.74) is 1.36. The van der Waals surface area contributed by atoms with Gasteiger partial charge in [0, 0.05) is 6.07 Å². The van der Waals surface area contributed by atoms with Crippen molar-refractivity contribution in [1.29, 1.82) is 0 Å². The summed E-state index contributed by atoms with van der Waals surface area (Å²) in [6, 6.07) is 2.17. The molecule has 0 bridgehead atoms. The summed E-state index contributed by atoms with van der Waals surface area (Å²) in [6.45, 7) is 2.26. The van der Waals surface area contributed by atoms with Gasteiger partial charge in [-0.15, -0.1) is 4.68 Å². The maximum atomic E-state index is 3.29. The number of aryl methyl sites for hydroxylation is 2. The molecule has 0 amide bonds. The fourth-order valence-electron chi connectivity index (χ4n) is 1.74. The van der Waals surface area contributed by atoms with Gasteiger partial charge in [-0.1, -0.05) is 39.0 Å². The maximum Gasteiger partial charge on any atom is 0.195 e. The van der Waals surface area contributed by atoms with Crippen molar-refractivity contribution in [2.75, 3.05) is 0 Å². The number of rotatable bonds is 7. The van der Waals surface area contributed by atoms with Crippen molar-refractivity contribution in [3.05, 3.63) is 18.0 Å². The van der Waals surface area contributed by atoms with Gasteiger partial charge in [-0.25, -0.2) is 0 Å². The first-order valence-electron chi connectivity index (χ1n) is 5.86. The molecule has 0 radical (unpaired) electrons. The predicted molar refractivity (Wildman–Crippen MR) is 59.0 cm³/mol. The first-order chi connectivity index (χ1) is 6.83. The molecule has 1 aromatic rings. The average Bonchev–Trinajstić information content (AvgIpc) is 2.58. The van der Waals surface area contributed by atoms with Gasteiger partial charge in [0.25, 0.3) is 0 Å². The molecule has 80 valence electrons. The minimum absolute atomic E-state index is 1.20. The smallest absolute Gasteiger partial charge is 0.170 e. The molecule has 1 aromatic heterocycles. The molecule has 14 heavy (non-hydrogen) atoms. The summed E-state index contributed by atoms with van der Waals surface area (Å²) < 4.78 is 2.01. The fraction of sp³-hybridized carbons (Fsp3) is 0.750. The van der Waals surface area contributed by atoms with Crippen molar-refractivity contribution in [2.24, 2.45) is 7.05 Å². The monoisotopic (exact) mass is 195 g/mol. The Hall–Kier alpha value is -0.790. The third kappa shape index (κ3) is 4.45. The number of hydrogen-bond donors (Lipinski definition) is 1. The number of aromatic amines is 1. The standard InChI is InChI=1S/C12H22N2/c1-3-4-5-6-7-8-9-12-10-11-14(2)13-12/h10-11H,3-9H2,1-2H3/p+1. The van der Waals surface area contributed by atoms with Crippen LogP contribution < -0.4 is 4.68 Å². The molecule has 0 unspecified atom stereocenters. The molecule has 2 nitrogen and oxygen atoms in total. The molecule has 0 aromatic carbocycles. The normalized spacial score (nSPS) is 10.7. The van der Waals surface area contributed by atoms with Crippen LogP contribution in [0, 0.1) is 0 Å². The minimum Gasteiger partial charge on any atom is -0.170 e. The van der Waals surface area contributed by atoms with E-state index in [0.717, 1.165) is 0 Å². The van der Waals surface area contributed by atoms with Crippen molar-refractivity contribution in [3.63, 3.8) is 0 Å². The Labute approximate surface area is 87.3 Å². The SMILES string of the molecule is CCCCCCCCc1cc[n+](C)[nH]1. The summed E-state index contributed by atoms with van der Waals surface area (Å²) in [4.78, 5) is 0. The van der Waals surface area contributed by atoms with Gasteiger partial charge in [-0.05, 0) is 12.8 Å². The Morgan fingerprint density at radius 3 is 2.50 bits per heavy atom. The van der Waals surface area contributed by atoms with Crippen LogP contribution in [0.4, 0.5) is 0 Å². The van der Waals surface area contributed by atoms with E-state index in [1.54, 1.807) is 0 Å². The van der Waals surface area contributed by atoms with E-state index in [4.69, 9.17) is 0 Å². The molecular formula is C12H23N2+. The number of unbranched alkanes of at least 4 members (excludes halogenated alkanes) is 5.